The number of fused-ring (bicyclic) bond motifs is 15. The Morgan fingerprint density at radius 2 is 0.616 bits per heavy atom. The van der Waals surface area contributed by atoms with Crippen molar-refractivity contribution in [1.82, 2.24) is 72.5 Å². The number of carbonyl (C=O) groups excluding carboxylic acids is 5. The van der Waals surface area contributed by atoms with Gasteiger partial charge in [-0.1, -0.05) is 31.2 Å². The minimum atomic E-state index is -4.14. The zero-order valence-electron chi connectivity index (χ0n) is 82.1. The molecule has 25 rings (SSSR count). The first kappa shape index (κ1) is 99.2. The second kappa shape index (κ2) is 40.1. The molecular formula is C100H120N20O21S5. The Morgan fingerprint density at radius 3 is 0.993 bits per heavy atom. The number of benzene rings is 5. The Morgan fingerprint density at radius 1 is 0.322 bits per heavy atom. The van der Waals surface area contributed by atoms with Crippen LogP contribution in [0.15, 0.2) is 79.7 Å². The molecule has 15 aliphatic rings. The first-order valence-electron chi connectivity index (χ1n) is 50.7. The zero-order valence-corrected chi connectivity index (χ0v) is 86.2. The van der Waals surface area contributed by atoms with Crippen LogP contribution in [0.2, 0.25) is 0 Å². The van der Waals surface area contributed by atoms with E-state index in [9.17, 15) is 66.1 Å². The molecule has 0 bridgehead atoms. The molecule has 5 aromatic heterocycles. The molecule has 0 saturated carbocycles. The van der Waals surface area contributed by atoms with Gasteiger partial charge in [-0.3, -0.25) is 0 Å². The summed E-state index contributed by atoms with van der Waals surface area (Å²) in [5.41, 5.74) is 29.7. The molecule has 4 unspecified atom stereocenters. The molecule has 46 heteroatoms. The summed E-state index contributed by atoms with van der Waals surface area (Å²) < 4.78 is 179. The number of urea groups is 5. The molecule has 10 amide bonds. The molecule has 10 aliphatic carbocycles. The van der Waals surface area contributed by atoms with Crippen LogP contribution in [-0.4, -0.2) is 167 Å². The zero-order chi connectivity index (χ0) is 102. The van der Waals surface area contributed by atoms with Crippen molar-refractivity contribution in [3.05, 3.63) is 172 Å². The van der Waals surface area contributed by atoms with Crippen molar-refractivity contribution in [2.24, 2.45) is 5.92 Å². The van der Waals surface area contributed by atoms with Crippen molar-refractivity contribution in [2.45, 2.75) is 308 Å². The maximum atomic E-state index is 12.8. The van der Waals surface area contributed by atoms with Crippen molar-refractivity contribution in [3.8, 4) is 29.4 Å². The monoisotopic (exact) mass is 2100 g/mol. The fraction of sp³-hybridized carbons (Fsp3) is 0.500. The highest BCUT2D eigenvalue weighted by Gasteiger charge is 2.41. The van der Waals surface area contributed by atoms with E-state index < -0.39 is 80.3 Å². The quantitative estimate of drug-likeness (QED) is 0.0429. The molecular weight excluding hydrogens is 1980 g/mol. The number of nitrogens with one attached hydrogen (secondary N) is 10. The summed E-state index contributed by atoms with van der Waals surface area (Å²) in [6.45, 7) is 11.6. The van der Waals surface area contributed by atoms with Crippen LogP contribution in [0.1, 0.15) is 227 Å². The predicted molar refractivity (Wildman–Crippen MR) is 536 cm³/mol. The largest absolute Gasteiger partial charge is 0.477 e. The van der Waals surface area contributed by atoms with Crippen LogP contribution in [0.4, 0.5) is 52.4 Å². The Labute approximate surface area is 846 Å². The number of sulfonamides is 5. The number of rotatable bonds is 16. The van der Waals surface area contributed by atoms with Gasteiger partial charge in [0, 0.05) is 73.8 Å². The SMILES string of the molecule is CC1CCOc2c(S(=O)(=O)NC(=O)Nc3c4c(cc5c3CCC5)CCC4)cnn21.CC1CCn2ncc(S(=O)(=O)NC(=O)Nc3c4c(cc5c3CCC5)CCC4)c2O1.CC1COc2c(S(=O)(=O)NC(=O)Nc3c4c(cc5c3CCC5)CCC4)cnn2C1.COC1COc2c(S(=O)(=O)NC(=O)Nc3c4c(cc5c3CCC5)CCC4)cnn2C1.Cc1c2c(c(NC(=O)NS(=O)(=O)c3cnn4c3OCCC4)c3c1CCC3)CCC2. The van der Waals surface area contributed by atoms with Gasteiger partial charge in [0.05, 0.1) is 76.0 Å². The lowest BCUT2D eigenvalue weighted by Gasteiger charge is -2.23. The fourth-order valence-electron chi connectivity index (χ4n) is 23.6. The van der Waals surface area contributed by atoms with E-state index in [0.717, 1.165) is 285 Å². The minimum absolute atomic E-state index is 0.0472. The van der Waals surface area contributed by atoms with E-state index in [-0.39, 0.29) is 84.7 Å². The lowest BCUT2D eigenvalue weighted by atomic mass is 9.93. The van der Waals surface area contributed by atoms with Gasteiger partial charge in [0.25, 0.3) is 50.1 Å². The predicted octanol–water partition coefficient (Wildman–Crippen LogP) is 11.9. The van der Waals surface area contributed by atoms with Crippen LogP contribution in [0.25, 0.3) is 0 Å². The number of hydrogen-bond donors (Lipinski definition) is 10. The number of aryl methyl sites for hydroxylation is 10. The lowest BCUT2D eigenvalue weighted by molar-refractivity contribution is 0.0165. The Bertz CT molecular complexity index is 7450. The smallest absolute Gasteiger partial charge is 0.333 e. The van der Waals surface area contributed by atoms with Gasteiger partial charge in [-0.2, -0.15) is 25.5 Å². The maximum Gasteiger partial charge on any atom is 0.333 e. The topological polar surface area (TPSA) is 521 Å². The van der Waals surface area contributed by atoms with Gasteiger partial charge in [-0.25, -0.2) is 113 Å². The van der Waals surface area contributed by atoms with Crippen molar-refractivity contribution in [1.29, 1.82) is 0 Å². The molecule has 0 fully saturated rings. The summed E-state index contributed by atoms with van der Waals surface area (Å²) in [4.78, 5) is 62.9. The van der Waals surface area contributed by atoms with E-state index in [1.165, 1.54) is 122 Å². The van der Waals surface area contributed by atoms with Crippen molar-refractivity contribution >= 4 is 109 Å². The van der Waals surface area contributed by atoms with Crippen LogP contribution in [0.5, 0.6) is 29.4 Å². The van der Waals surface area contributed by atoms with Crippen LogP contribution in [-0.2, 0) is 209 Å². The minimum Gasteiger partial charge on any atom is -0.477 e. The molecule has 776 valence electrons. The molecule has 146 heavy (non-hydrogen) atoms. The third kappa shape index (κ3) is 19.6. The number of hydrogen-bond acceptors (Lipinski definition) is 26. The summed E-state index contributed by atoms with van der Waals surface area (Å²) in [5.74, 6) is 1.11. The molecule has 0 radical (unpaired) electrons. The third-order valence-corrected chi connectivity index (χ3v) is 37.0. The summed E-state index contributed by atoms with van der Waals surface area (Å²) in [7, 11) is -19.0. The average Bonchev–Trinajstić information content (AvgIpc) is 1.43. The number of nitrogens with zero attached hydrogens (tertiary/aromatic N) is 10. The summed E-state index contributed by atoms with van der Waals surface area (Å²) >= 11 is 0. The van der Waals surface area contributed by atoms with E-state index in [1.807, 2.05) is 20.8 Å². The van der Waals surface area contributed by atoms with E-state index >= 15 is 0 Å². The molecule has 0 saturated heterocycles. The number of methoxy groups -OCH3 is 1. The molecule has 10 heterocycles. The van der Waals surface area contributed by atoms with Gasteiger partial charge in [-0.15, -0.1) is 0 Å². The average molecular weight is 2100 g/mol. The van der Waals surface area contributed by atoms with Gasteiger partial charge in [0.1, 0.15) is 12.7 Å². The van der Waals surface area contributed by atoms with Crippen molar-refractivity contribution in [2.75, 3.05) is 60.1 Å². The lowest BCUT2D eigenvalue weighted by Crippen LogP contribution is -2.36. The van der Waals surface area contributed by atoms with E-state index in [4.69, 9.17) is 28.4 Å². The van der Waals surface area contributed by atoms with Crippen LogP contribution < -0.4 is 73.9 Å². The van der Waals surface area contributed by atoms with E-state index in [2.05, 4.69) is 107 Å². The highest BCUT2D eigenvalue weighted by Crippen LogP contribution is 2.47. The van der Waals surface area contributed by atoms with Gasteiger partial charge < -0.3 is 55.0 Å². The Kier molecular flexibility index (Phi) is 27.3. The number of carbonyl (C=O) groups is 5. The molecule has 10 aromatic rings. The standard InChI is InChI=1S/C20H24N4O5S.4C20H24N4O4S/c1-28-14-10-24-19(29-11-14)17(9-21-24)30(26,27)23-20(25)22-18-15-6-2-4-12(15)8-13-5-3-7-16(13)18;1-12-13-5-2-7-15(13)18(16-8-3-6-14(12)16)22-20(25)23-29(26,27)17-11-21-24-9-4-10-28-19(17)24;1-12-10-24-19(28-11-12)17(9-21-24)29(26,27)23-20(25)22-18-15-6-2-4-13(15)8-14-5-3-7-16(14)18;1-12-8-9-28-19-17(11-21-24(12)19)29(26,27)23-20(25)22-18-15-6-2-4-13(15)10-14-5-3-7-16(14)18;1-12-8-9-24-19(28-12)17(11-21-24)29(26,27)23-20(25)22-18-15-6-2-4-13(15)10-14-5-3-7-16(14)18/h8-9,14H,2-7,10-11H2,1H3,(H2,22,23,25);11H,2-10H2,1H3,(H2,22,23,25);8-9,12H,2-7,10-11H2,1H3,(H2,22,23,25);2*10-12H,2-9H2,1H3,(H2,22,23,25). The first-order valence-corrected chi connectivity index (χ1v) is 58.1. The summed E-state index contributed by atoms with van der Waals surface area (Å²) in [6, 6.07) is 5.35. The Balaban J connectivity index is 0.000000107. The molecule has 5 aliphatic heterocycles. The normalized spacial score (nSPS) is 19.3. The van der Waals surface area contributed by atoms with E-state index in [0.29, 0.717) is 46.0 Å². The highest BCUT2D eigenvalue weighted by molar-refractivity contribution is 7.91. The first-order chi connectivity index (χ1) is 70.2. The van der Waals surface area contributed by atoms with Crippen LogP contribution >= 0.6 is 0 Å². The second-order valence-electron chi connectivity index (χ2n) is 40.2. The number of ether oxygens (including phenoxy) is 6. The molecule has 5 aromatic carbocycles. The fourth-order valence-corrected chi connectivity index (χ4v) is 28.5. The molecule has 0 spiro atoms. The summed E-state index contributed by atoms with van der Waals surface area (Å²) in [6.07, 6.45) is 37.9. The van der Waals surface area contributed by atoms with Gasteiger partial charge >= 0.3 is 30.2 Å². The highest BCUT2D eigenvalue weighted by atomic mass is 32.2. The van der Waals surface area contributed by atoms with Gasteiger partial charge in [0.2, 0.25) is 29.4 Å². The number of amides is 10. The Hall–Kier alpha value is -12.8. The second-order valence-corrected chi connectivity index (χ2v) is 48.4. The van der Waals surface area contributed by atoms with Crippen LogP contribution in [0, 0.1) is 12.8 Å². The summed E-state index contributed by atoms with van der Waals surface area (Å²) in [5, 5.41) is 34.7. The van der Waals surface area contributed by atoms with E-state index in [1.54, 1.807) is 11.8 Å². The maximum absolute atomic E-state index is 12.8. The third-order valence-electron chi connectivity index (χ3n) is 30.5. The van der Waals surface area contributed by atoms with Gasteiger partial charge in [0.15, 0.2) is 24.5 Å². The molecule has 41 nitrogen and oxygen atoms in total. The van der Waals surface area contributed by atoms with Gasteiger partial charge in [-0.05, 0) is 330 Å². The van der Waals surface area contributed by atoms with Crippen LogP contribution in [0.3, 0.4) is 0 Å². The molecule has 10 N–H and O–H groups in total. The number of anilines is 5. The number of aromatic nitrogens is 10. The van der Waals surface area contributed by atoms with Crippen molar-refractivity contribution < 1.29 is 94.5 Å². The molecule has 4 atom stereocenters. The van der Waals surface area contributed by atoms with Crippen molar-refractivity contribution in [3.63, 3.8) is 0 Å².